The predicted molar refractivity (Wildman–Crippen MR) is 83.9 cm³/mol. The molecule has 1 aromatic carbocycles. The molecule has 0 aliphatic rings. The molecule has 0 bridgehead atoms. The molecule has 2 N–H and O–H groups in total. The van der Waals surface area contributed by atoms with Crippen molar-refractivity contribution in [2.75, 3.05) is 5.73 Å². The molecule has 0 aliphatic heterocycles. The number of hydrogen-bond acceptors (Lipinski definition) is 4. The Hall–Kier alpha value is -2.43. The Morgan fingerprint density at radius 3 is 2.71 bits per heavy atom. The molecule has 5 heteroatoms. The number of fused-ring (bicyclic) bond motifs is 1. The molecule has 108 valence electrons. The zero-order valence-corrected chi connectivity index (χ0v) is 12.2. The number of nitrogens with zero attached hydrogens (tertiary/aromatic N) is 4. The molecule has 3 rings (SSSR count). The Kier molecular flexibility index (Phi) is 3.81. The second-order valence-electron chi connectivity index (χ2n) is 5.15. The SMILES string of the molecule is CCCCc1nc(N)c2cnn(Cc3ccccc3)c2n1. The fraction of sp³-hybridized carbons (Fsp3) is 0.312. The second kappa shape index (κ2) is 5.91. The van der Waals surface area contributed by atoms with Gasteiger partial charge in [0.1, 0.15) is 11.6 Å². The summed E-state index contributed by atoms with van der Waals surface area (Å²) in [5, 5.41) is 5.23. The minimum atomic E-state index is 0.519. The molecule has 5 nitrogen and oxygen atoms in total. The fourth-order valence-electron chi connectivity index (χ4n) is 2.34. The lowest BCUT2D eigenvalue weighted by molar-refractivity contribution is 0.696. The zero-order chi connectivity index (χ0) is 14.7. The van der Waals surface area contributed by atoms with E-state index < -0.39 is 0 Å². The van der Waals surface area contributed by atoms with Gasteiger partial charge in [-0.3, -0.25) is 0 Å². The molecule has 0 unspecified atom stereocenters. The number of hydrogen-bond donors (Lipinski definition) is 1. The number of benzene rings is 1. The third kappa shape index (κ3) is 2.86. The van der Waals surface area contributed by atoms with Crippen LogP contribution in [-0.2, 0) is 13.0 Å². The third-order valence-electron chi connectivity index (χ3n) is 3.50. The third-order valence-corrected chi connectivity index (χ3v) is 3.50. The Morgan fingerprint density at radius 1 is 1.14 bits per heavy atom. The van der Waals surface area contributed by atoms with E-state index in [1.54, 1.807) is 6.20 Å². The van der Waals surface area contributed by atoms with Gasteiger partial charge in [0.15, 0.2) is 5.65 Å². The molecule has 21 heavy (non-hydrogen) atoms. The predicted octanol–water partition coefficient (Wildman–Crippen LogP) is 2.80. The highest BCUT2D eigenvalue weighted by Gasteiger charge is 2.11. The first-order valence-electron chi connectivity index (χ1n) is 7.29. The van der Waals surface area contributed by atoms with Gasteiger partial charge in [0.2, 0.25) is 0 Å². The largest absolute Gasteiger partial charge is 0.383 e. The van der Waals surface area contributed by atoms with E-state index >= 15 is 0 Å². The van der Waals surface area contributed by atoms with Crippen molar-refractivity contribution in [2.45, 2.75) is 32.7 Å². The Morgan fingerprint density at radius 2 is 1.95 bits per heavy atom. The molecule has 0 amide bonds. The van der Waals surface area contributed by atoms with Crippen LogP contribution in [-0.4, -0.2) is 19.7 Å². The Labute approximate surface area is 123 Å². The Balaban J connectivity index is 1.97. The molecule has 0 atom stereocenters. The van der Waals surface area contributed by atoms with Crippen molar-refractivity contribution in [2.24, 2.45) is 0 Å². The van der Waals surface area contributed by atoms with Crippen LogP contribution in [0.15, 0.2) is 36.5 Å². The summed E-state index contributed by atoms with van der Waals surface area (Å²) in [6, 6.07) is 10.2. The number of unbranched alkanes of at least 4 members (excludes halogenated alkanes) is 1. The molecule has 3 aromatic rings. The molecule has 2 heterocycles. The van der Waals surface area contributed by atoms with Crippen molar-refractivity contribution in [3.63, 3.8) is 0 Å². The molecule has 0 saturated heterocycles. The summed E-state index contributed by atoms with van der Waals surface area (Å²) in [5.41, 5.74) is 8.04. The maximum absolute atomic E-state index is 6.03. The lowest BCUT2D eigenvalue weighted by atomic mass is 10.2. The van der Waals surface area contributed by atoms with Crippen LogP contribution in [0.4, 0.5) is 5.82 Å². The van der Waals surface area contributed by atoms with Gasteiger partial charge in [0, 0.05) is 6.42 Å². The van der Waals surface area contributed by atoms with Crippen molar-refractivity contribution < 1.29 is 0 Å². The quantitative estimate of drug-likeness (QED) is 0.780. The standard InChI is InChI=1S/C16H19N5/c1-2-3-9-14-19-15(17)13-10-18-21(16(13)20-14)11-12-7-5-4-6-8-12/h4-8,10H,2-3,9,11H2,1H3,(H2,17,19,20). The fourth-order valence-corrected chi connectivity index (χ4v) is 2.34. The number of nitrogen functional groups attached to an aromatic ring is 1. The van der Waals surface area contributed by atoms with Crippen LogP contribution in [0.5, 0.6) is 0 Å². The van der Waals surface area contributed by atoms with Crippen LogP contribution >= 0.6 is 0 Å². The van der Waals surface area contributed by atoms with Gasteiger partial charge in [-0.2, -0.15) is 5.10 Å². The van der Waals surface area contributed by atoms with Gasteiger partial charge in [-0.25, -0.2) is 14.6 Å². The van der Waals surface area contributed by atoms with E-state index in [1.807, 2.05) is 22.9 Å². The number of aryl methyl sites for hydroxylation is 1. The summed E-state index contributed by atoms with van der Waals surface area (Å²) in [6.07, 6.45) is 4.78. The molecule has 0 aliphatic carbocycles. The van der Waals surface area contributed by atoms with Crippen molar-refractivity contribution in [1.82, 2.24) is 19.7 Å². The summed E-state index contributed by atoms with van der Waals surface area (Å²) in [4.78, 5) is 9.01. The van der Waals surface area contributed by atoms with Gasteiger partial charge in [-0.05, 0) is 12.0 Å². The van der Waals surface area contributed by atoms with Crippen molar-refractivity contribution in [3.8, 4) is 0 Å². The van der Waals surface area contributed by atoms with E-state index in [2.05, 4.69) is 34.1 Å². The van der Waals surface area contributed by atoms with Gasteiger partial charge in [0.25, 0.3) is 0 Å². The van der Waals surface area contributed by atoms with Gasteiger partial charge in [0.05, 0.1) is 18.1 Å². The molecule has 0 radical (unpaired) electrons. The number of rotatable bonds is 5. The first-order chi connectivity index (χ1) is 10.3. The van der Waals surface area contributed by atoms with Crippen LogP contribution in [0.2, 0.25) is 0 Å². The minimum Gasteiger partial charge on any atom is -0.383 e. The molecule has 2 aromatic heterocycles. The normalized spacial score (nSPS) is 11.1. The van der Waals surface area contributed by atoms with Gasteiger partial charge in [-0.15, -0.1) is 0 Å². The van der Waals surface area contributed by atoms with Crippen molar-refractivity contribution in [1.29, 1.82) is 0 Å². The number of anilines is 1. The van der Waals surface area contributed by atoms with E-state index in [0.29, 0.717) is 12.4 Å². The lowest BCUT2D eigenvalue weighted by Gasteiger charge is -2.05. The molecule has 0 fully saturated rings. The smallest absolute Gasteiger partial charge is 0.163 e. The zero-order valence-electron chi connectivity index (χ0n) is 12.2. The summed E-state index contributed by atoms with van der Waals surface area (Å²) in [6.45, 7) is 2.84. The molecular weight excluding hydrogens is 262 g/mol. The molecule has 0 spiro atoms. The maximum atomic E-state index is 6.03. The topological polar surface area (TPSA) is 69.6 Å². The monoisotopic (exact) mass is 281 g/mol. The second-order valence-corrected chi connectivity index (χ2v) is 5.15. The maximum Gasteiger partial charge on any atom is 0.163 e. The summed E-state index contributed by atoms with van der Waals surface area (Å²) < 4.78 is 1.89. The average molecular weight is 281 g/mol. The summed E-state index contributed by atoms with van der Waals surface area (Å²) >= 11 is 0. The van der Waals surface area contributed by atoms with E-state index in [4.69, 9.17) is 5.73 Å². The van der Waals surface area contributed by atoms with Crippen LogP contribution in [0, 0.1) is 0 Å². The van der Waals surface area contributed by atoms with E-state index in [0.717, 1.165) is 36.1 Å². The lowest BCUT2D eigenvalue weighted by Crippen LogP contribution is -2.06. The highest BCUT2D eigenvalue weighted by atomic mass is 15.3. The van der Waals surface area contributed by atoms with Gasteiger partial charge < -0.3 is 5.73 Å². The summed E-state index contributed by atoms with van der Waals surface area (Å²) in [7, 11) is 0. The van der Waals surface area contributed by atoms with Crippen molar-refractivity contribution in [3.05, 3.63) is 47.9 Å². The van der Waals surface area contributed by atoms with Crippen LogP contribution < -0.4 is 5.73 Å². The highest BCUT2D eigenvalue weighted by molar-refractivity contribution is 5.85. The van der Waals surface area contributed by atoms with Crippen LogP contribution in [0.3, 0.4) is 0 Å². The highest BCUT2D eigenvalue weighted by Crippen LogP contribution is 2.19. The van der Waals surface area contributed by atoms with Gasteiger partial charge >= 0.3 is 0 Å². The van der Waals surface area contributed by atoms with Crippen molar-refractivity contribution >= 4 is 16.9 Å². The molecular formula is C16H19N5. The number of nitrogens with two attached hydrogens (primary N) is 1. The van der Waals surface area contributed by atoms with Gasteiger partial charge in [-0.1, -0.05) is 43.7 Å². The van der Waals surface area contributed by atoms with E-state index in [9.17, 15) is 0 Å². The van der Waals surface area contributed by atoms with E-state index in [1.165, 1.54) is 5.56 Å². The van der Waals surface area contributed by atoms with Crippen LogP contribution in [0.1, 0.15) is 31.2 Å². The summed E-state index contributed by atoms with van der Waals surface area (Å²) in [5.74, 6) is 1.32. The first kappa shape index (κ1) is 13.5. The minimum absolute atomic E-state index is 0.519. The molecule has 0 saturated carbocycles. The first-order valence-corrected chi connectivity index (χ1v) is 7.29. The number of aromatic nitrogens is 4. The average Bonchev–Trinajstić information content (AvgIpc) is 2.90. The Bertz CT molecular complexity index is 733. The van der Waals surface area contributed by atoms with E-state index in [-0.39, 0.29) is 0 Å². The van der Waals surface area contributed by atoms with Crippen LogP contribution in [0.25, 0.3) is 11.0 Å².